The number of aliphatic carboxylic acids is 1. The molecule has 1 aliphatic heterocycles. The summed E-state index contributed by atoms with van der Waals surface area (Å²) in [7, 11) is 3.78. The number of rotatable bonds is 6. The van der Waals surface area contributed by atoms with Gasteiger partial charge in [0.2, 0.25) is 5.95 Å². The van der Waals surface area contributed by atoms with Gasteiger partial charge in [0.25, 0.3) is 0 Å². The number of benzene rings is 1. The summed E-state index contributed by atoms with van der Waals surface area (Å²) in [5, 5.41) is 17.6. The molecule has 0 radical (unpaired) electrons. The fraction of sp³-hybridized carbons (Fsp3) is 0.429. The number of hydrogen-bond acceptors (Lipinski definition) is 7. The molecule has 9 heteroatoms. The molecule has 0 saturated heterocycles. The zero-order valence-corrected chi connectivity index (χ0v) is 17.0. The van der Waals surface area contributed by atoms with Crippen LogP contribution in [0.3, 0.4) is 0 Å². The molecular formula is C21H24N6O3. The highest BCUT2D eigenvalue weighted by Gasteiger charge is 2.43. The first-order chi connectivity index (χ1) is 14.5. The van der Waals surface area contributed by atoms with E-state index in [0.717, 1.165) is 36.3 Å². The smallest absolute Gasteiger partial charge is 0.306 e. The van der Waals surface area contributed by atoms with Crippen LogP contribution < -0.4 is 10.1 Å². The lowest BCUT2D eigenvalue weighted by atomic mass is 9.99. The average molecular weight is 408 g/mol. The Balaban J connectivity index is 1.42. The summed E-state index contributed by atoms with van der Waals surface area (Å²) < 4.78 is 7.37. The number of carboxylic acid groups (broad SMARTS) is 1. The zero-order valence-electron chi connectivity index (χ0n) is 17.0. The van der Waals surface area contributed by atoms with Crippen LogP contribution in [0, 0.1) is 11.8 Å². The van der Waals surface area contributed by atoms with E-state index in [-0.39, 0.29) is 11.8 Å². The van der Waals surface area contributed by atoms with E-state index in [2.05, 4.69) is 44.5 Å². The van der Waals surface area contributed by atoms with Crippen molar-refractivity contribution in [1.29, 1.82) is 0 Å². The highest BCUT2D eigenvalue weighted by molar-refractivity contribution is 5.76. The zero-order chi connectivity index (χ0) is 20.8. The number of nitrogens with zero attached hydrogens (tertiary/aromatic N) is 5. The van der Waals surface area contributed by atoms with Crippen LogP contribution >= 0.6 is 0 Å². The minimum absolute atomic E-state index is 0.106. The summed E-state index contributed by atoms with van der Waals surface area (Å²) in [4.78, 5) is 22.5. The van der Waals surface area contributed by atoms with Crippen molar-refractivity contribution in [1.82, 2.24) is 24.6 Å². The van der Waals surface area contributed by atoms with Gasteiger partial charge in [-0.05, 0) is 49.1 Å². The minimum atomic E-state index is -0.737. The summed E-state index contributed by atoms with van der Waals surface area (Å²) >= 11 is 0. The Kier molecular flexibility index (Phi) is 4.54. The van der Waals surface area contributed by atoms with Crippen molar-refractivity contribution >= 4 is 28.6 Å². The summed E-state index contributed by atoms with van der Waals surface area (Å²) in [5.74, 6) is 0.310. The Hall–Kier alpha value is -3.20. The molecule has 30 heavy (non-hydrogen) atoms. The topological polar surface area (TPSA) is 105 Å². The second-order valence-electron chi connectivity index (χ2n) is 8.17. The van der Waals surface area contributed by atoms with Crippen LogP contribution in [0.2, 0.25) is 0 Å². The Morgan fingerprint density at radius 2 is 2.20 bits per heavy atom. The molecular weight excluding hydrogens is 384 g/mol. The number of carboxylic acids is 1. The van der Waals surface area contributed by atoms with Gasteiger partial charge in [0, 0.05) is 25.8 Å². The van der Waals surface area contributed by atoms with Crippen molar-refractivity contribution in [2.24, 2.45) is 11.8 Å². The normalized spacial score (nSPS) is 20.7. The van der Waals surface area contributed by atoms with Crippen molar-refractivity contribution in [2.45, 2.75) is 25.9 Å². The number of nitrogens with one attached hydrogen (secondary N) is 1. The van der Waals surface area contributed by atoms with E-state index in [1.54, 1.807) is 24.2 Å². The number of carbonyl (C=O) groups is 1. The van der Waals surface area contributed by atoms with Gasteiger partial charge in [0.1, 0.15) is 5.75 Å². The molecule has 5 rings (SSSR count). The van der Waals surface area contributed by atoms with Crippen LogP contribution in [-0.4, -0.2) is 56.4 Å². The third kappa shape index (κ3) is 3.45. The third-order valence-corrected chi connectivity index (χ3v) is 6.00. The van der Waals surface area contributed by atoms with E-state index in [0.29, 0.717) is 24.6 Å². The standard InChI is InChI=1S/C21H24N6O3/c1-26-4-3-12-7-18(30-2)17(6-13(12)10-26)24-21-22-8-15-9-23-27(19(15)25-21)11-14-5-16(14)20(28)29/h6-9,14,16H,3-5,10-11H2,1-2H3,(H,28,29)(H,22,24,25)/t14-,16-/m1/s1. The first-order valence-corrected chi connectivity index (χ1v) is 10.1. The molecule has 2 atom stereocenters. The van der Waals surface area contributed by atoms with Gasteiger partial charge >= 0.3 is 5.97 Å². The highest BCUT2D eigenvalue weighted by atomic mass is 16.5. The number of ether oxygens (including phenoxy) is 1. The van der Waals surface area contributed by atoms with Crippen LogP contribution in [0.5, 0.6) is 5.75 Å². The minimum Gasteiger partial charge on any atom is -0.495 e. The predicted octanol–water partition coefficient (Wildman–Crippen LogP) is 2.29. The first-order valence-electron chi connectivity index (χ1n) is 10.1. The lowest BCUT2D eigenvalue weighted by Gasteiger charge is -2.26. The van der Waals surface area contributed by atoms with E-state index in [1.807, 2.05) is 0 Å². The Labute approximate surface area is 173 Å². The summed E-state index contributed by atoms with van der Waals surface area (Å²) in [6.07, 6.45) is 5.14. The van der Waals surface area contributed by atoms with Crippen LogP contribution in [0.25, 0.3) is 11.0 Å². The molecule has 0 amide bonds. The fourth-order valence-corrected chi connectivity index (χ4v) is 4.15. The predicted molar refractivity (Wildman–Crippen MR) is 111 cm³/mol. The lowest BCUT2D eigenvalue weighted by molar-refractivity contribution is -0.138. The summed E-state index contributed by atoms with van der Waals surface area (Å²) in [5.41, 5.74) is 4.10. The fourth-order valence-electron chi connectivity index (χ4n) is 4.15. The van der Waals surface area contributed by atoms with Crippen LogP contribution in [0.4, 0.5) is 11.6 Å². The van der Waals surface area contributed by atoms with E-state index < -0.39 is 5.97 Å². The van der Waals surface area contributed by atoms with E-state index in [1.165, 1.54) is 11.1 Å². The first kappa shape index (κ1) is 18.8. The summed E-state index contributed by atoms with van der Waals surface area (Å²) in [6.45, 7) is 2.48. The number of fused-ring (bicyclic) bond motifs is 2. The molecule has 0 unspecified atom stereocenters. The van der Waals surface area contributed by atoms with E-state index in [4.69, 9.17) is 9.84 Å². The van der Waals surface area contributed by atoms with Gasteiger partial charge in [-0.2, -0.15) is 10.1 Å². The maximum Gasteiger partial charge on any atom is 0.306 e. The van der Waals surface area contributed by atoms with Gasteiger partial charge < -0.3 is 20.1 Å². The SMILES string of the molecule is COc1cc2c(cc1Nc1ncc3cnn(C[C@H]4C[C@H]4C(=O)O)c3n1)CN(C)CC2. The Bertz CT molecular complexity index is 1130. The molecule has 3 aromatic rings. The van der Waals surface area contributed by atoms with E-state index in [9.17, 15) is 4.79 Å². The second kappa shape index (κ2) is 7.24. The molecule has 1 fully saturated rings. The van der Waals surface area contributed by atoms with Gasteiger partial charge in [0.05, 0.1) is 30.3 Å². The molecule has 1 saturated carbocycles. The largest absolute Gasteiger partial charge is 0.495 e. The number of hydrogen-bond donors (Lipinski definition) is 2. The van der Waals surface area contributed by atoms with Crippen molar-refractivity contribution in [3.05, 3.63) is 35.7 Å². The molecule has 2 aliphatic rings. The van der Waals surface area contributed by atoms with Crippen LogP contribution in [0.1, 0.15) is 17.5 Å². The van der Waals surface area contributed by atoms with Crippen LogP contribution in [-0.2, 0) is 24.3 Å². The van der Waals surface area contributed by atoms with Crippen molar-refractivity contribution in [2.75, 3.05) is 26.0 Å². The van der Waals surface area contributed by atoms with E-state index >= 15 is 0 Å². The molecule has 2 N–H and O–H groups in total. The molecule has 1 aromatic carbocycles. The quantitative estimate of drug-likeness (QED) is 0.640. The monoisotopic (exact) mass is 408 g/mol. The van der Waals surface area contributed by atoms with Gasteiger partial charge in [-0.15, -0.1) is 0 Å². The number of anilines is 2. The maximum atomic E-state index is 11.1. The second-order valence-corrected chi connectivity index (χ2v) is 8.17. The van der Waals surface area contributed by atoms with Gasteiger partial charge in [-0.1, -0.05) is 0 Å². The van der Waals surface area contributed by atoms with Gasteiger partial charge in [-0.25, -0.2) is 9.67 Å². The average Bonchev–Trinajstić information content (AvgIpc) is 3.40. The number of aromatic nitrogens is 4. The molecule has 3 heterocycles. The van der Waals surface area contributed by atoms with Crippen molar-refractivity contribution in [3.8, 4) is 5.75 Å². The summed E-state index contributed by atoms with van der Waals surface area (Å²) in [6, 6.07) is 4.20. The number of methoxy groups -OCH3 is 1. The molecule has 0 bridgehead atoms. The molecule has 9 nitrogen and oxygen atoms in total. The number of likely N-dealkylation sites (N-methyl/N-ethyl adjacent to an activating group) is 1. The Morgan fingerprint density at radius 3 is 2.97 bits per heavy atom. The highest BCUT2D eigenvalue weighted by Crippen LogP contribution is 2.40. The van der Waals surface area contributed by atoms with Gasteiger partial charge in [0.15, 0.2) is 5.65 Å². The molecule has 2 aromatic heterocycles. The third-order valence-electron chi connectivity index (χ3n) is 6.00. The Morgan fingerprint density at radius 1 is 1.33 bits per heavy atom. The molecule has 1 aliphatic carbocycles. The maximum absolute atomic E-state index is 11.1. The molecule has 156 valence electrons. The molecule has 0 spiro atoms. The lowest BCUT2D eigenvalue weighted by Crippen LogP contribution is -2.26. The van der Waals surface area contributed by atoms with Crippen molar-refractivity contribution < 1.29 is 14.6 Å². The van der Waals surface area contributed by atoms with Gasteiger partial charge in [-0.3, -0.25) is 4.79 Å². The van der Waals surface area contributed by atoms with Crippen molar-refractivity contribution in [3.63, 3.8) is 0 Å². The van der Waals surface area contributed by atoms with Crippen LogP contribution in [0.15, 0.2) is 24.5 Å².